The molecule has 0 fully saturated rings. The maximum Gasteiger partial charge on any atom is 0.142 e. The van der Waals surface area contributed by atoms with Gasteiger partial charge in [-0.05, 0) is 30.3 Å². The fourth-order valence-electron chi connectivity index (χ4n) is 1.40. The number of benzene rings is 1. The van der Waals surface area contributed by atoms with Gasteiger partial charge in [-0.15, -0.1) is 6.42 Å². The normalized spacial score (nSPS) is 9.06. The van der Waals surface area contributed by atoms with Crippen LogP contribution in [0.15, 0.2) is 42.5 Å². The number of rotatable bonds is 2. The van der Waals surface area contributed by atoms with E-state index in [-0.39, 0.29) is 0 Å². The Morgan fingerprint density at radius 1 is 1.18 bits per heavy atom. The molecular weight excluding hydrogens is 210 g/mol. The summed E-state index contributed by atoms with van der Waals surface area (Å²) in [5.74, 6) is 3.19. The summed E-state index contributed by atoms with van der Waals surface area (Å²) in [5.41, 5.74) is 2.03. The van der Waals surface area contributed by atoms with Crippen LogP contribution >= 0.6 is 0 Å². The predicted molar refractivity (Wildman–Crippen MR) is 66.6 cm³/mol. The molecule has 0 bridgehead atoms. The molecule has 1 aromatic carbocycles. The van der Waals surface area contributed by atoms with Gasteiger partial charge in [0.05, 0.1) is 0 Å². The van der Waals surface area contributed by atoms with E-state index in [0.717, 1.165) is 11.3 Å². The average molecular weight is 219 g/mol. The number of nitrogens with one attached hydrogen (secondary N) is 1. The van der Waals surface area contributed by atoms with Gasteiger partial charge < -0.3 is 5.32 Å². The largest absolute Gasteiger partial charge is 0.340 e. The maximum absolute atomic E-state index is 8.74. The van der Waals surface area contributed by atoms with Crippen LogP contribution in [-0.4, -0.2) is 4.98 Å². The van der Waals surface area contributed by atoms with E-state index >= 15 is 0 Å². The van der Waals surface area contributed by atoms with Gasteiger partial charge in [0.1, 0.15) is 17.6 Å². The predicted octanol–water partition coefficient (Wildman–Crippen LogP) is 2.68. The van der Waals surface area contributed by atoms with Crippen LogP contribution in [-0.2, 0) is 0 Å². The highest BCUT2D eigenvalue weighted by molar-refractivity contribution is 5.59. The Labute approximate surface area is 99.7 Å². The van der Waals surface area contributed by atoms with Crippen LogP contribution < -0.4 is 5.32 Å². The Morgan fingerprint density at radius 3 is 2.76 bits per heavy atom. The number of hydrogen-bond acceptors (Lipinski definition) is 3. The maximum atomic E-state index is 8.74. The number of aromatic nitrogens is 1. The fraction of sp³-hybridized carbons (Fsp3) is 0. The van der Waals surface area contributed by atoms with Gasteiger partial charge >= 0.3 is 0 Å². The lowest BCUT2D eigenvalue weighted by atomic mass is 10.2. The summed E-state index contributed by atoms with van der Waals surface area (Å²) in [5, 5.41) is 11.8. The Hall–Kier alpha value is -2.78. The molecule has 0 saturated heterocycles. The molecule has 1 aromatic heterocycles. The summed E-state index contributed by atoms with van der Waals surface area (Å²) in [6.45, 7) is 0. The molecule has 0 aliphatic rings. The Kier molecular flexibility index (Phi) is 3.05. The first kappa shape index (κ1) is 10.7. The van der Waals surface area contributed by atoms with Gasteiger partial charge in [-0.2, -0.15) is 5.26 Å². The van der Waals surface area contributed by atoms with E-state index in [1.165, 1.54) is 0 Å². The first-order valence-electron chi connectivity index (χ1n) is 5.02. The lowest BCUT2D eigenvalue weighted by molar-refractivity contribution is 1.25. The van der Waals surface area contributed by atoms with E-state index < -0.39 is 0 Å². The van der Waals surface area contributed by atoms with Crippen molar-refractivity contribution in [2.75, 3.05) is 5.32 Å². The minimum atomic E-state index is 0.378. The van der Waals surface area contributed by atoms with Gasteiger partial charge in [0, 0.05) is 11.3 Å². The highest BCUT2D eigenvalue weighted by Crippen LogP contribution is 2.15. The molecule has 0 amide bonds. The number of nitrogens with zero attached hydrogens (tertiary/aromatic N) is 2. The van der Waals surface area contributed by atoms with Crippen LogP contribution in [0.2, 0.25) is 0 Å². The molecule has 0 atom stereocenters. The molecule has 1 heterocycles. The van der Waals surface area contributed by atoms with Crippen molar-refractivity contribution in [3.8, 4) is 18.4 Å². The molecular formula is C14H9N3. The smallest absolute Gasteiger partial charge is 0.142 e. The monoisotopic (exact) mass is 219 g/mol. The SMILES string of the molecule is C#Cc1cccc(Nc2cccc(C#N)n2)c1. The molecule has 3 heteroatoms. The van der Waals surface area contributed by atoms with Crippen molar-refractivity contribution in [1.29, 1.82) is 5.26 Å². The zero-order valence-electron chi connectivity index (χ0n) is 9.01. The number of nitriles is 1. The quantitative estimate of drug-likeness (QED) is 0.790. The molecule has 1 N–H and O–H groups in total. The van der Waals surface area contributed by atoms with Crippen molar-refractivity contribution in [2.45, 2.75) is 0 Å². The van der Waals surface area contributed by atoms with Gasteiger partial charge in [-0.25, -0.2) is 4.98 Å². The van der Waals surface area contributed by atoms with E-state index in [9.17, 15) is 0 Å². The standard InChI is InChI=1S/C14H9N3/c1-2-11-5-3-6-12(9-11)16-14-8-4-7-13(10-15)17-14/h1,3-9H,(H,16,17). The molecule has 0 saturated carbocycles. The minimum Gasteiger partial charge on any atom is -0.340 e. The van der Waals surface area contributed by atoms with Crippen LogP contribution in [0.5, 0.6) is 0 Å². The Bertz CT molecular complexity index is 562. The van der Waals surface area contributed by atoms with E-state index in [1.807, 2.05) is 30.3 Å². The van der Waals surface area contributed by atoms with Crippen LogP contribution in [0.1, 0.15) is 11.3 Å². The second-order valence-corrected chi connectivity index (χ2v) is 3.37. The minimum absolute atomic E-state index is 0.378. The Morgan fingerprint density at radius 2 is 2.00 bits per heavy atom. The van der Waals surface area contributed by atoms with Crippen molar-refractivity contribution >= 4 is 11.5 Å². The van der Waals surface area contributed by atoms with Gasteiger partial charge in [-0.1, -0.05) is 18.1 Å². The molecule has 0 aliphatic heterocycles. The molecule has 80 valence electrons. The van der Waals surface area contributed by atoms with Crippen LogP contribution in [0, 0.1) is 23.7 Å². The lowest BCUT2D eigenvalue weighted by Gasteiger charge is -2.05. The number of hydrogen-bond donors (Lipinski definition) is 1. The molecule has 0 unspecified atom stereocenters. The average Bonchev–Trinajstić information content (AvgIpc) is 2.39. The van der Waals surface area contributed by atoms with Gasteiger partial charge in [0.2, 0.25) is 0 Å². The van der Waals surface area contributed by atoms with Crippen LogP contribution in [0.25, 0.3) is 0 Å². The van der Waals surface area contributed by atoms with Gasteiger partial charge in [0.25, 0.3) is 0 Å². The van der Waals surface area contributed by atoms with Crippen molar-refractivity contribution in [1.82, 2.24) is 4.98 Å². The van der Waals surface area contributed by atoms with Crippen molar-refractivity contribution < 1.29 is 0 Å². The molecule has 2 rings (SSSR count). The van der Waals surface area contributed by atoms with Crippen LogP contribution in [0.4, 0.5) is 11.5 Å². The van der Waals surface area contributed by atoms with Gasteiger partial charge in [-0.3, -0.25) is 0 Å². The van der Waals surface area contributed by atoms with E-state index in [1.54, 1.807) is 18.2 Å². The molecule has 2 aromatic rings. The number of anilines is 2. The summed E-state index contributed by atoms with van der Waals surface area (Å²) in [7, 11) is 0. The molecule has 0 aliphatic carbocycles. The van der Waals surface area contributed by atoms with Crippen molar-refractivity contribution in [3.63, 3.8) is 0 Å². The third kappa shape index (κ3) is 2.62. The highest BCUT2D eigenvalue weighted by atomic mass is 15.0. The van der Waals surface area contributed by atoms with E-state index in [4.69, 9.17) is 11.7 Å². The first-order chi connectivity index (χ1) is 8.31. The highest BCUT2D eigenvalue weighted by Gasteiger charge is 1.98. The second-order valence-electron chi connectivity index (χ2n) is 3.37. The molecule has 0 radical (unpaired) electrons. The number of pyridine rings is 1. The van der Waals surface area contributed by atoms with E-state index in [0.29, 0.717) is 11.5 Å². The fourth-order valence-corrected chi connectivity index (χ4v) is 1.40. The van der Waals surface area contributed by atoms with Crippen molar-refractivity contribution in [2.24, 2.45) is 0 Å². The third-order valence-corrected chi connectivity index (χ3v) is 2.17. The lowest BCUT2D eigenvalue weighted by Crippen LogP contribution is -1.95. The third-order valence-electron chi connectivity index (χ3n) is 2.17. The Balaban J connectivity index is 2.26. The summed E-state index contributed by atoms with van der Waals surface area (Å²) in [4.78, 5) is 4.12. The van der Waals surface area contributed by atoms with E-state index in [2.05, 4.69) is 16.2 Å². The summed E-state index contributed by atoms with van der Waals surface area (Å²) < 4.78 is 0. The topological polar surface area (TPSA) is 48.7 Å². The summed E-state index contributed by atoms with van der Waals surface area (Å²) in [6.07, 6.45) is 5.32. The zero-order chi connectivity index (χ0) is 12.1. The molecule has 3 nitrogen and oxygen atoms in total. The second kappa shape index (κ2) is 4.83. The summed E-state index contributed by atoms with van der Waals surface area (Å²) >= 11 is 0. The molecule has 0 spiro atoms. The zero-order valence-corrected chi connectivity index (χ0v) is 9.01. The first-order valence-corrected chi connectivity index (χ1v) is 5.02. The van der Waals surface area contributed by atoms with Crippen LogP contribution in [0.3, 0.4) is 0 Å². The number of terminal acetylenes is 1. The summed E-state index contributed by atoms with van der Waals surface area (Å²) in [6, 6.07) is 14.7. The van der Waals surface area contributed by atoms with Crippen molar-refractivity contribution in [3.05, 3.63) is 53.7 Å². The van der Waals surface area contributed by atoms with Gasteiger partial charge in [0.15, 0.2) is 0 Å². The molecule has 17 heavy (non-hydrogen) atoms.